The third-order valence-electron chi connectivity index (χ3n) is 6.84. The van der Waals surface area contributed by atoms with Crippen LogP contribution in [0.3, 0.4) is 0 Å². The second-order valence-electron chi connectivity index (χ2n) is 10.3. The van der Waals surface area contributed by atoms with Gasteiger partial charge in [-0.15, -0.1) is 0 Å². The van der Waals surface area contributed by atoms with Crippen LogP contribution in [0.25, 0.3) is 11.0 Å². The topological polar surface area (TPSA) is 95.9 Å². The van der Waals surface area contributed by atoms with E-state index in [-0.39, 0.29) is 16.9 Å². The van der Waals surface area contributed by atoms with Crippen molar-refractivity contribution in [1.82, 2.24) is 24.6 Å². The number of H-pyrrole nitrogens is 1. The number of piperidine rings is 1. The highest BCUT2D eigenvalue weighted by molar-refractivity contribution is 5.79. The number of aromatic nitrogens is 4. The lowest BCUT2D eigenvalue weighted by molar-refractivity contribution is -0.137. The minimum Gasteiger partial charge on any atom is -0.355 e. The molecule has 1 aliphatic carbocycles. The third kappa shape index (κ3) is 4.62. The monoisotopic (exact) mass is 428 g/mol. The maximum atomic E-state index is 12.8. The molecule has 0 aromatic carbocycles. The zero-order valence-corrected chi connectivity index (χ0v) is 19.3. The molecule has 2 fully saturated rings. The van der Waals surface area contributed by atoms with E-state index in [1.807, 2.05) is 0 Å². The van der Waals surface area contributed by atoms with Crippen LogP contribution in [0.2, 0.25) is 0 Å². The molecule has 1 aliphatic heterocycles. The Morgan fingerprint density at radius 3 is 2.45 bits per heavy atom. The highest BCUT2D eigenvalue weighted by atomic mass is 16.2. The number of aryl methyl sites for hydroxylation is 1. The molecule has 4 rings (SSSR count). The van der Waals surface area contributed by atoms with Crippen LogP contribution in [-0.2, 0) is 17.3 Å². The molecule has 0 radical (unpaired) electrons. The molecular formula is C23H36N6O2. The summed E-state index contributed by atoms with van der Waals surface area (Å²) >= 11 is 0. The van der Waals surface area contributed by atoms with Crippen molar-refractivity contribution >= 4 is 22.9 Å². The summed E-state index contributed by atoms with van der Waals surface area (Å²) in [5.74, 6) is 1.58. The van der Waals surface area contributed by atoms with Crippen molar-refractivity contribution in [1.29, 1.82) is 0 Å². The number of nitrogens with one attached hydrogen (secondary N) is 2. The van der Waals surface area contributed by atoms with Gasteiger partial charge in [-0.2, -0.15) is 5.10 Å². The van der Waals surface area contributed by atoms with Crippen LogP contribution in [0, 0.1) is 11.8 Å². The van der Waals surface area contributed by atoms with Crippen LogP contribution in [-0.4, -0.2) is 50.2 Å². The molecule has 1 amide bonds. The number of anilines is 1. The molecule has 2 N–H and O–H groups in total. The van der Waals surface area contributed by atoms with E-state index >= 15 is 0 Å². The standard InChI is InChI=1S/C23H36N6O2/c1-23(2,3)19-17-18(28(4)27-19)20(30)26-22(25-17)24-14-15-10-12-29(13-11-15)21(31)16-8-6-5-7-9-16/h15-16H,5-14H2,1-4H3,(H2,24,25,26,30). The Hall–Kier alpha value is -2.38. The van der Waals surface area contributed by atoms with E-state index in [1.165, 1.54) is 19.3 Å². The Balaban J connectivity index is 1.38. The number of carbonyl (C=O) groups is 1. The van der Waals surface area contributed by atoms with Gasteiger partial charge in [0, 0.05) is 38.0 Å². The largest absolute Gasteiger partial charge is 0.355 e. The van der Waals surface area contributed by atoms with Crippen molar-refractivity contribution in [2.24, 2.45) is 18.9 Å². The highest BCUT2D eigenvalue weighted by Gasteiger charge is 2.29. The molecule has 0 spiro atoms. The van der Waals surface area contributed by atoms with E-state index < -0.39 is 0 Å². The third-order valence-corrected chi connectivity index (χ3v) is 6.84. The summed E-state index contributed by atoms with van der Waals surface area (Å²) in [6.45, 7) is 8.64. The van der Waals surface area contributed by atoms with Gasteiger partial charge in [0.15, 0.2) is 5.52 Å². The van der Waals surface area contributed by atoms with E-state index in [1.54, 1.807) is 11.7 Å². The lowest BCUT2D eigenvalue weighted by Gasteiger charge is -2.35. The molecule has 0 atom stereocenters. The van der Waals surface area contributed by atoms with E-state index in [9.17, 15) is 9.59 Å². The van der Waals surface area contributed by atoms with Crippen LogP contribution in [0.4, 0.5) is 5.95 Å². The van der Waals surface area contributed by atoms with Crippen LogP contribution >= 0.6 is 0 Å². The number of amides is 1. The zero-order chi connectivity index (χ0) is 22.2. The normalized spacial score (nSPS) is 19.2. The van der Waals surface area contributed by atoms with Gasteiger partial charge in [-0.05, 0) is 31.6 Å². The maximum Gasteiger partial charge on any atom is 0.278 e. The minimum absolute atomic E-state index is 0.175. The van der Waals surface area contributed by atoms with Crippen molar-refractivity contribution in [2.75, 3.05) is 25.0 Å². The first-order chi connectivity index (χ1) is 14.7. The summed E-state index contributed by atoms with van der Waals surface area (Å²) in [5, 5.41) is 7.88. The predicted octanol–water partition coefficient (Wildman–Crippen LogP) is 3.18. The number of nitrogens with zero attached hydrogens (tertiary/aromatic N) is 4. The van der Waals surface area contributed by atoms with Crippen LogP contribution < -0.4 is 10.9 Å². The summed E-state index contributed by atoms with van der Waals surface area (Å²) in [5.41, 5.74) is 1.62. The number of fused-ring (bicyclic) bond motifs is 1. The van der Waals surface area contributed by atoms with Gasteiger partial charge in [-0.1, -0.05) is 40.0 Å². The number of carbonyl (C=O) groups excluding carboxylic acids is 1. The van der Waals surface area contributed by atoms with Gasteiger partial charge in [-0.3, -0.25) is 19.3 Å². The molecule has 0 unspecified atom stereocenters. The van der Waals surface area contributed by atoms with E-state index in [4.69, 9.17) is 4.98 Å². The molecule has 2 aromatic heterocycles. The highest BCUT2D eigenvalue weighted by Crippen LogP contribution is 2.28. The Kier molecular flexibility index (Phi) is 6.08. The molecule has 2 aromatic rings. The molecule has 31 heavy (non-hydrogen) atoms. The Morgan fingerprint density at radius 2 is 1.81 bits per heavy atom. The van der Waals surface area contributed by atoms with Crippen LogP contribution in [0.5, 0.6) is 0 Å². The zero-order valence-electron chi connectivity index (χ0n) is 19.3. The number of hydrogen-bond acceptors (Lipinski definition) is 5. The Bertz CT molecular complexity index is 988. The fourth-order valence-electron chi connectivity index (χ4n) is 4.97. The average molecular weight is 429 g/mol. The molecule has 1 saturated heterocycles. The van der Waals surface area contributed by atoms with Gasteiger partial charge < -0.3 is 10.2 Å². The van der Waals surface area contributed by atoms with Crippen molar-refractivity contribution in [3.8, 4) is 0 Å². The van der Waals surface area contributed by atoms with Crippen molar-refractivity contribution in [2.45, 2.75) is 71.1 Å². The van der Waals surface area contributed by atoms with Gasteiger partial charge >= 0.3 is 0 Å². The molecular weight excluding hydrogens is 392 g/mol. The first-order valence-corrected chi connectivity index (χ1v) is 11.7. The van der Waals surface area contributed by atoms with E-state index in [0.29, 0.717) is 28.8 Å². The smallest absolute Gasteiger partial charge is 0.278 e. The molecule has 1 saturated carbocycles. The maximum absolute atomic E-state index is 12.8. The quantitative estimate of drug-likeness (QED) is 0.780. The fourth-order valence-corrected chi connectivity index (χ4v) is 4.97. The van der Waals surface area contributed by atoms with E-state index in [2.05, 4.69) is 41.1 Å². The van der Waals surface area contributed by atoms with Gasteiger partial charge in [-0.25, -0.2) is 4.98 Å². The van der Waals surface area contributed by atoms with Gasteiger partial charge in [0.25, 0.3) is 5.56 Å². The molecule has 0 bridgehead atoms. The molecule has 170 valence electrons. The van der Waals surface area contributed by atoms with Gasteiger partial charge in [0.2, 0.25) is 11.9 Å². The second kappa shape index (κ2) is 8.63. The predicted molar refractivity (Wildman–Crippen MR) is 122 cm³/mol. The van der Waals surface area contributed by atoms with Crippen LogP contribution in [0.15, 0.2) is 4.79 Å². The second-order valence-corrected chi connectivity index (χ2v) is 10.3. The number of rotatable bonds is 4. The molecule has 3 heterocycles. The Labute approximate surface area is 183 Å². The summed E-state index contributed by atoms with van der Waals surface area (Å²) in [7, 11) is 1.78. The SMILES string of the molecule is Cn1nc(C(C)(C)C)c2nc(NCC3CCN(C(=O)C4CCCCC4)CC3)[nH]c(=O)c21. The van der Waals surface area contributed by atoms with Crippen LogP contribution in [0.1, 0.15) is 71.4 Å². The summed E-state index contributed by atoms with van der Waals surface area (Å²) < 4.78 is 1.62. The first kappa shape index (κ1) is 21.8. The van der Waals surface area contributed by atoms with Crippen molar-refractivity contribution in [3.05, 3.63) is 16.0 Å². The fraction of sp³-hybridized carbons (Fsp3) is 0.739. The van der Waals surface area contributed by atoms with E-state index in [0.717, 1.165) is 51.0 Å². The minimum atomic E-state index is -0.199. The summed E-state index contributed by atoms with van der Waals surface area (Å²) in [6.07, 6.45) is 7.76. The van der Waals surface area contributed by atoms with Gasteiger partial charge in [0.1, 0.15) is 5.52 Å². The molecule has 8 heteroatoms. The van der Waals surface area contributed by atoms with Crippen molar-refractivity contribution < 1.29 is 4.79 Å². The lowest BCUT2D eigenvalue weighted by Crippen LogP contribution is -2.43. The molecule has 8 nitrogen and oxygen atoms in total. The van der Waals surface area contributed by atoms with Crippen molar-refractivity contribution in [3.63, 3.8) is 0 Å². The molecule has 2 aliphatic rings. The first-order valence-electron chi connectivity index (χ1n) is 11.7. The summed E-state index contributed by atoms with van der Waals surface area (Å²) in [4.78, 5) is 35.0. The summed E-state index contributed by atoms with van der Waals surface area (Å²) in [6, 6.07) is 0. The number of hydrogen-bond donors (Lipinski definition) is 2. The number of aromatic amines is 1. The Morgan fingerprint density at radius 1 is 1.13 bits per heavy atom. The lowest BCUT2D eigenvalue weighted by atomic mass is 9.87. The van der Waals surface area contributed by atoms with Gasteiger partial charge in [0.05, 0.1) is 5.69 Å². The number of likely N-dealkylation sites (tertiary alicyclic amines) is 1. The average Bonchev–Trinajstić information content (AvgIpc) is 3.10.